The summed E-state index contributed by atoms with van der Waals surface area (Å²) in [6.45, 7) is 0. The third-order valence-electron chi connectivity index (χ3n) is 2.17. The van der Waals surface area contributed by atoms with Crippen molar-refractivity contribution in [2.75, 3.05) is 5.73 Å². The number of hydrogen-bond donors (Lipinski definition) is 1. The molecular weight excluding hydrogens is 208 g/mol. The fourth-order valence-corrected chi connectivity index (χ4v) is 1.50. The van der Waals surface area contributed by atoms with E-state index in [9.17, 15) is 0 Å². The van der Waals surface area contributed by atoms with E-state index in [0.717, 1.165) is 17.0 Å². The Kier molecular flexibility index (Phi) is 2.88. The number of nitrogens with zero attached hydrogens (tertiary/aromatic N) is 1. The maximum Gasteiger partial charge on any atom is 0.123 e. The van der Waals surface area contributed by atoms with Gasteiger partial charge in [0.2, 0.25) is 0 Å². The van der Waals surface area contributed by atoms with E-state index >= 15 is 0 Å². The predicted molar refractivity (Wildman–Crippen MR) is 62.9 cm³/mol. The van der Waals surface area contributed by atoms with E-state index in [2.05, 4.69) is 4.98 Å². The topological polar surface area (TPSA) is 38.9 Å². The minimum absolute atomic E-state index is 0.551. The second-order valence-corrected chi connectivity index (χ2v) is 3.83. The largest absolute Gasteiger partial charge is 0.384 e. The van der Waals surface area contributed by atoms with Crippen LogP contribution < -0.4 is 5.73 Å². The Morgan fingerprint density at radius 2 is 1.67 bits per heavy atom. The number of nitrogens with two attached hydrogens (primary N) is 1. The molecule has 15 heavy (non-hydrogen) atoms. The second-order valence-electron chi connectivity index (χ2n) is 3.39. The maximum absolute atomic E-state index is 5.81. The molecule has 0 aliphatic rings. The molecule has 2 N–H and O–H groups in total. The van der Waals surface area contributed by atoms with Crippen LogP contribution in [0.4, 0.5) is 5.82 Å². The van der Waals surface area contributed by atoms with Gasteiger partial charge in [0.15, 0.2) is 0 Å². The Bertz CT molecular complexity index is 391. The molecule has 0 atom stereocenters. The Morgan fingerprint density at radius 3 is 2.27 bits per heavy atom. The summed E-state index contributed by atoms with van der Waals surface area (Å²) >= 11 is 5.81. The molecule has 0 aliphatic heterocycles. The van der Waals surface area contributed by atoms with Crippen molar-refractivity contribution < 1.29 is 0 Å². The Hall–Kier alpha value is -1.54. The second kappa shape index (κ2) is 4.32. The SMILES string of the molecule is Nc1ccc(Cc2ccc(Cl)cc2)cn1. The number of rotatable bonds is 2. The molecule has 1 heterocycles. The Balaban J connectivity index is 2.15. The van der Waals surface area contributed by atoms with Crippen molar-refractivity contribution in [3.05, 3.63) is 58.7 Å². The van der Waals surface area contributed by atoms with E-state index in [1.807, 2.05) is 36.4 Å². The van der Waals surface area contributed by atoms with E-state index in [1.165, 1.54) is 5.56 Å². The lowest BCUT2D eigenvalue weighted by Crippen LogP contribution is -1.92. The molecule has 0 amide bonds. The summed E-state index contributed by atoms with van der Waals surface area (Å²) in [6, 6.07) is 11.6. The third kappa shape index (κ3) is 2.70. The minimum Gasteiger partial charge on any atom is -0.384 e. The minimum atomic E-state index is 0.551. The van der Waals surface area contributed by atoms with Crippen LogP contribution >= 0.6 is 11.6 Å². The fourth-order valence-electron chi connectivity index (χ4n) is 1.38. The van der Waals surface area contributed by atoms with Crippen LogP contribution in [0.3, 0.4) is 0 Å². The summed E-state index contributed by atoms with van der Waals surface area (Å²) in [6.07, 6.45) is 2.65. The molecular formula is C12H11ClN2. The molecule has 1 aromatic carbocycles. The molecule has 2 aromatic rings. The monoisotopic (exact) mass is 218 g/mol. The lowest BCUT2D eigenvalue weighted by Gasteiger charge is -2.01. The zero-order valence-electron chi connectivity index (χ0n) is 8.15. The van der Waals surface area contributed by atoms with Gasteiger partial charge >= 0.3 is 0 Å². The average Bonchev–Trinajstić information content (AvgIpc) is 2.25. The summed E-state index contributed by atoms with van der Waals surface area (Å²) < 4.78 is 0. The fraction of sp³-hybridized carbons (Fsp3) is 0.0833. The molecule has 3 heteroatoms. The molecule has 0 fully saturated rings. The summed E-state index contributed by atoms with van der Waals surface area (Å²) in [5.41, 5.74) is 7.87. The number of nitrogen functional groups attached to an aromatic ring is 1. The molecule has 0 saturated carbocycles. The quantitative estimate of drug-likeness (QED) is 0.842. The molecule has 0 unspecified atom stereocenters. The lowest BCUT2D eigenvalue weighted by molar-refractivity contribution is 1.15. The zero-order valence-corrected chi connectivity index (χ0v) is 8.91. The van der Waals surface area contributed by atoms with E-state index in [0.29, 0.717) is 5.82 Å². The van der Waals surface area contributed by atoms with Crippen LogP contribution in [-0.4, -0.2) is 4.98 Å². The maximum atomic E-state index is 5.81. The number of anilines is 1. The van der Waals surface area contributed by atoms with E-state index in [4.69, 9.17) is 17.3 Å². The first-order valence-corrected chi connectivity index (χ1v) is 5.07. The van der Waals surface area contributed by atoms with Crippen molar-refractivity contribution in [2.24, 2.45) is 0 Å². The summed E-state index contributed by atoms with van der Waals surface area (Å²) in [7, 11) is 0. The first-order chi connectivity index (χ1) is 7.24. The highest BCUT2D eigenvalue weighted by molar-refractivity contribution is 6.30. The van der Waals surface area contributed by atoms with Crippen LogP contribution in [0.25, 0.3) is 0 Å². The predicted octanol–water partition coefficient (Wildman–Crippen LogP) is 2.91. The van der Waals surface area contributed by atoms with Gasteiger partial charge in [-0.25, -0.2) is 4.98 Å². The van der Waals surface area contributed by atoms with Gasteiger partial charge < -0.3 is 5.73 Å². The van der Waals surface area contributed by atoms with E-state index < -0.39 is 0 Å². The summed E-state index contributed by atoms with van der Waals surface area (Å²) in [4.78, 5) is 4.04. The first-order valence-electron chi connectivity index (χ1n) is 4.69. The number of hydrogen-bond acceptors (Lipinski definition) is 2. The van der Waals surface area contributed by atoms with Crippen LogP contribution in [0, 0.1) is 0 Å². The van der Waals surface area contributed by atoms with Gasteiger partial charge in [-0.15, -0.1) is 0 Å². The van der Waals surface area contributed by atoms with Crippen molar-refractivity contribution >= 4 is 17.4 Å². The number of aromatic nitrogens is 1. The van der Waals surface area contributed by atoms with Crippen molar-refractivity contribution in [3.63, 3.8) is 0 Å². The lowest BCUT2D eigenvalue weighted by atomic mass is 10.1. The van der Waals surface area contributed by atoms with Crippen molar-refractivity contribution in [1.82, 2.24) is 4.98 Å². The van der Waals surface area contributed by atoms with Gasteiger partial charge in [0, 0.05) is 11.2 Å². The molecule has 0 spiro atoms. The Morgan fingerprint density at radius 1 is 1.00 bits per heavy atom. The summed E-state index contributed by atoms with van der Waals surface area (Å²) in [5, 5.41) is 0.759. The van der Waals surface area contributed by atoms with Gasteiger partial charge in [-0.3, -0.25) is 0 Å². The zero-order chi connectivity index (χ0) is 10.7. The molecule has 1 aromatic heterocycles. The third-order valence-corrected chi connectivity index (χ3v) is 2.42. The highest BCUT2D eigenvalue weighted by Crippen LogP contribution is 2.13. The van der Waals surface area contributed by atoms with Gasteiger partial charge in [-0.1, -0.05) is 29.8 Å². The normalized spacial score (nSPS) is 10.2. The standard InChI is InChI=1S/C12H11ClN2/c13-11-4-1-9(2-5-11)7-10-3-6-12(14)15-8-10/h1-6,8H,7H2,(H2,14,15). The van der Waals surface area contributed by atoms with E-state index in [-0.39, 0.29) is 0 Å². The molecule has 0 saturated heterocycles. The van der Waals surface area contributed by atoms with Crippen LogP contribution in [0.2, 0.25) is 5.02 Å². The van der Waals surface area contributed by atoms with Gasteiger partial charge in [0.05, 0.1) is 0 Å². The van der Waals surface area contributed by atoms with Crippen LogP contribution in [0.5, 0.6) is 0 Å². The van der Waals surface area contributed by atoms with Crippen LogP contribution in [-0.2, 0) is 6.42 Å². The van der Waals surface area contributed by atoms with E-state index in [1.54, 1.807) is 6.20 Å². The van der Waals surface area contributed by atoms with Gasteiger partial charge in [-0.2, -0.15) is 0 Å². The molecule has 76 valence electrons. The molecule has 2 nitrogen and oxygen atoms in total. The van der Waals surface area contributed by atoms with Gasteiger partial charge in [-0.05, 0) is 35.7 Å². The first kappa shape index (κ1) is 9.99. The molecule has 0 aliphatic carbocycles. The highest BCUT2D eigenvalue weighted by Gasteiger charge is 1.96. The molecule has 0 bridgehead atoms. The van der Waals surface area contributed by atoms with Gasteiger partial charge in [0.1, 0.15) is 5.82 Å². The van der Waals surface area contributed by atoms with Crippen molar-refractivity contribution in [2.45, 2.75) is 6.42 Å². The summed E-state index contributed by atoms with van der Waals surface area (Å²) in [5.74, 6) is 0.551. The number of halogens is 1. The molecule has 2 rings (SSSR count). The average molecular weight is 219 g/mol. The van der Waals surface area contributed by atoms with Crippen LogP contribution in [0.1, 0.15) is 11.1 Å². The van der Waals surface area contributed by atoms with Crippen LogP contribution in [0.15, 0.2) is 42.6 Å². The number of benzene rings is 1. The number of pyridine rings is 1. The van der Waals surface area contributed by atoms with Crippen molar-refractivity contribution in [3.8, 4) is 0 Å². The van der Waals surface area contributed by atoms with Crippen molar-refractivity contribution in [1.29, 1.82) is 0 Å². The molecule has 0 radical (unpaired) electrons. The smallest absolute Gasteiger partial charge is 0.123 e. The highest BCUT2D eigenvalue weighted by atomic mass is 35.5. The Labute approximate surface area is 93.7 Å². The van der Waals surface area contributed by atoms with Gasteiger partial charge in [0.25, 0.3) is 0 Å².